The summed E-state index contributed by atoms with van der Waals surface area (Å²) in [5, 5.41) is 5.11. The molecule has 1 aliphatic heterocycles. The summed E-state index contributed by atoms with van der Waals surface area (Å²) in [6.07, 6.45) is 1.79. The van der Waals surface area contributed by atoms with Gasteiger partial charge in [0.25, 0.3) is 0 Å². The summed E-state index contributed by atoms with van der Waals surface area (Å²) in [6.45, 7) is 3.95. The van der Waals surface area contributed by atoms with Gasteiger partial charge in [-0.15, -0.1) is 18.3 Å². The monoisotopic (exact) mass is 262 g/mol. The highest BCUT2D eigenvalue weighted by Gasteiger charge is 2.28. The minimum Gasteiger partial charge on any atom is -0.353 e. The number of rotatable bonds is 4. The lowest BCUT2D eigenvalue weighted by atomic mass is 10.2. The van der Waals surface area contributed by atoms with Crippen LogP contribution in [-0.2, 0) is 9.59 Å². The molecule has 1 heterocycles. The van der Waals surface area contributed by atoms with E-state index in [0.717, 1.165) is 10.6 Å². The van der Waals surface area contributed by atoms with Crippen molar-refractivity contribution < 1.29 is 9.59 Å². The quantitative estimate of drug-likeness (QED) is 0.813. The van der Waals surface area contributed by atoms with Crippen molar-refractivity contribution in [1.29, 1.82) is 0 Å². The Kier molecular flexibility index (Phi) is 4.04. The zero-order chi connectivity index (χ0) is 13.0. The summed E-state index contributed by atoms with van der Waals surface area (Å²) in [4.78, 5) is 24.4. The van der Waals surface area contributed by atoms with Gasteiger partial charge in [0, 0.05) is 17.9 Å². The molecule has 0 saturated heterocycles. The van der Waals surface area contributed by atoms with E-state index in [-0.39, 0.29) is 23.5 Å². The predicted octanol–water partition coefficient (Wildman–Crippen LogP) is 1.79. The molecule has 94 valence electrons. The van der Waals surface area contributed by atoms with Crippen molar-refractivity contribution in [2.45, 2.75) is 16.6 Å². The fourth-order valence-corrected chi connectivity index (χ4v) is 2.76. The lowest BCUT2D eigenvalue weighted by Gasteiger charge is -2.23. The first-order valence-corrected chi connectivity index (χ1v) is 6.53. The number of benzene rings is 1. The number of anilines is 1. The number of amides is 2. The highest BCUT2D eigenvalue weighted by atomic mass is 32.2. The van der Waals surface area contributed by atoms with E-state index < -0.39 is 0 Å². The second-order valence-corrected chi connectivity index (χ2v) is 5.13. The Morgan fingerprint density at radius 1 is 1.50 bits per heavy atom. The third kappa shape index (κ3) is 2.92. The third-order valence-corrected chi connectivity index (χ3v) is 3.80. The topological polar surface area (TPSA) is 58.2 Å². The summed E-state index contributed by atoms with van der Waals surface area (Å²) in [6, 6.07) is 7.58. The largest absolute Gasteiger partial charge is 0.353 e. The molecule has 2 rings (SSSR count). The fourth-order valence-electron chi connectivity index (χ4n) is 1.65. The maximum absolute atomic E-state index is 11.8. The molecule has 4 nitrogen and oxygen atoms in total. The molecular formula is C13H14N2O2S. The van der Waals surface area contributed by atoms with Gasteiger partial charge in [-0.1, -0.05) is 18.2 Å². The molecule has 1 aromatic carbocycles. The smallest absolute Gasteiger partial charge is 0.238 e. The van der Waals surface area contributed by atoms with Crippen LogP contribution in [0.4, 0.5) is 5.69 Å². The van der Waals surface area contributed by atoms with Crippen LogP contribution in [0, 0.1) is 0 Å². The normalized spacial score (nSPS) is 17.6. The highest BCUT2D eigenvalue weighted by molar-refractivity contribution is 8.01. The van der Waals surface area contributed by atoms with Crippen LogP contribution >= 0.6 is 11.8 Å². The van der Waals surface area contributed by atoms with Crippen LogP contribution < -0.4 is 10.6 Å². The number of nitrogens with one attached hydrogen (secondary N) is 2. The number of hydrogen-bond donors (Lipinski definition) is 2. The van der Waals surface area contributed by atoms with Crippen molar-refractivity contribution in [3.63, 3.8) is 0 Å². The van der Waals surface area contributed by atoms with Gasteiger partial charge in [-0.25, -0.2) is 0 Å². The second-order valence-electron chi connectivity index (χ2n) is 3.89. The molecule has 1 aliphatic rings. The number of carbonyl (C=O) groups excluding carboxylic acids is 2. The molecule has 18 heavy (non-hydrogen) atoms. The van der Waals surface area contributed by atoms with Crippen LogP contribution in [-0.4, -0.2) is 23.6 Å². The predicted molar refractivity (Wildman–Crippen MR) is 72.5 cm³/mol. The molecule has 5 heteroatoms. The molecule has 1 atom stereocenters. The van der Waals surface area contributed by atoms with Crippen molar-refractivity contribution in [3.05, 3.63) is 36.9 Å². The van der Waals surface area contributed by atoms with Gasteiger partial charge in [-0.2, -0.15) is 0 Å². The summed E-state index contributed by atoms with van der Waals surface area (Å²) >= 11 is 1.43. The first-order valence-electron chi connectivity index (χ1n) is 5.65. The maximum atomic E-state index is 11.8. The van der Waals surface area contributed by atoms with E-state index in [1.807, 2.05) is 24.3 Å². The molecule has 2 amide bonds. The number of para-hydroxylation sites is 1. The Morgan fingerprint density at radius 2 is 2.28 bits per heavy atom. The molecule has 0 aliphatic carbocycles. The van der Waals surface area contributed by atoms with E-state index in [1.54, 1.807) is 6.08 Å². The lowest BCUT2D eigenvalue weighted by molar-refractivity contribution is -0.123. The van der Waals surface area contributed by atoms with E-state index in [2.05, 4.69) is 17.2 Å². The average Bonchev–Trinajstić information content (AvgIpc) is 2.37. The van der Waals surface area contributed by atoms with E-state index in [9.17, 15) is 9.59 Å². The van der Waals surface area contributed by atoms with Crippen molar-refractivity contribution in [2.24, 2.45) is 0 Å². The fraction of sp³-hybridized carbons (Fsp3) is 0.231. The van der Waals surface area contributed by atoms with Gasteiger partial charge < -0.3 is 10.6 Å². The van der Waals surface area contributed by atoms with Crippen LogP contribution in [0.25, 0.3) is 0 Å². The molecule has 1 aromatic rings. The minimum atomic E-state index is -0.371. The lowest BCUT2D eigenvalue weighted by Crippen LogP contribution is -2.34. The summed E-state index contributed by atoms with van der Waals surface area (Å²) < 4.78 is 0. The summed E-state index contributed by atoms with van der Waals surface area (Å²) in [5.41, 5.74) is 0.815. The zero-order valence-electron chi connectivity index (χ0n) is 9.81. The SMILES string of the molecule is C=CCNC(=O)C[C@@H]1Sc2ccccc2NC1=O. The van der Waals surface area contributed by atoms with E-state index in [1.165, 1.54) is 11.8 Å². The van der Waals surface area contributed by atoms with Crippen LogP contribution in [0.1, 0.15) is 6.42 Å². The summed E-state index contributed by atoms with van der Waals surface area (Å²) in [5.74, 6) is -0.255. The van der Waals surface area contributed by atoms with Crippen molar-refractivity contribution in [2.75, 3.05) is 11.9 Å². The van der Waals surface area contributed by atoms with Crippen molar-refractivity contribution >= 4 is 29.3 Å². The zero-order valence-corrected chi connectivity index (χ0v) is 10.6. The van der Waals surface area contributed by atoms with E-state index >= 15 is 0 Å². The van der Waals surface area contributed by atoms with E-state index in [0.29, 0.717) is 6.54 Å². The molecule has 0 radical (unpaired) electrons. The highest BCUT2D eigenvalue weighted by Crippen LogP contribution is 2.36. The molecular weight excluding hydrogens is 248 g/mol. The van der Waals surface area contributed by atoms with Gasteiger partial charge in [-0.05, 0) is 12.1 Å². The van der Waals surface area contributed by atoms with Crippen LogP contribution in [0.3, 0.4) is 0 Å². The summed E-state index contributed by atoms with van der Waals surface area (Å²) in [7, 11) is 0. The average molecular weight is 262 g/mol. The second kappa shape index (κ2) is 5.73. The molecule has 0 aromatic heterocycles. The molecule has 2 N–H and O–H groups in total. The third-order valence-electron chi connectivity index (χ3n) is 2.52. The number of hydrogen-bond acceptors (Lipinski definition) is 3. The Morgan fingerprint density at radius 3 is 3.06 bits per heavy atom. The van der Waals surface area contributed by atoms with Crippen molar-refractivity contribution in [1.82, 2.24) is 5.32 Å². The van der Waals surface area contributed by atoms with Gasteiger partial charge in [0.05, 0.1) is 10.9 Å². The van der Waals surface area contributed by atoms with Crippen LogP contribution in [0.2, 0.25) is 0 Å². The van der Waals surface area contributed by atoms with Crippen LogP contribution in [0.15, 0.2) is 41.8 Å². The number of carbonyl (C=O) groups is 2. The first-order chi connectivity index (χ1) is 8.70. The molecule has 0 spiro atoms. The first kappa shape index (κ1) is 12.7. The Hall–Kier alpha value is -1.75. The Bertz CT molecular complexity index is 488. The standard InChI is InChI=1S/C13H14N2O2S/c1-2-7-14-12(16)8-11-13(17)15-9-5-3-4-6-10(9)18-11/h2-6,11H,1,7-8H2,(H,14,16)(H,15,17)/t11-/m0/s1. The Balaban J connectivity index is 2.01. The Labute approximate surface area is 110 Å². The van der Waals surface area contributed by atoms with Gasteiger partial charge in [-0.3, -0.25) is 9.59 Å². The van der Waals surface area contributed by atoms with Gasteiger partial charge >= 0.3 is 0 Å². The minimum absolute atomic E-state index is 0.118. The van der Waals surface area contributed by atoms with E-state index in [4.69, 9.17) is 0 Å². The molecule has 0 fully saturated rings. The maximum Gasteiger partial charge on any atom is 0.238 e. The van der Waals surface area contributed by atoms with Crippen LogP contribution in [0.5, 0.6) is 0 Å². The van der Waals surface area contributed by atoms with Crippen molar-refractivity contribution in [3.8, 4) is 0 Å². The molecule has 0 bridgehead atoms. The number of thioether (sulfide) groups is 1. The van der Waals surface area contributed by atoms with Gasteiger partial charge in [0.1, 0.15) is 0 Å². The van der Waals surface area contributed by atoms with Gasteiger partial charge in [0.2, 0.25) is 11.8 Å². The van der Waals surface area contributed by atoms with Gasteiger partial charge in [0.15, 0.2) is 0 Å². The molecule has 0 unspecified atom stereocenters. The number of fused-ring (bicyclic) bond motifs is 1. The molecule has 0 saturated carbocycles.